The molecule has 32 heavy (non-hydrogen) atoms. The van der Waals surface area contributed by atoms with E-state index in [1.165, 1.54) is 12.1 Å². The molecule has 0 amide bonds. The summed E-state index contributed by atoms with van der Waals surface area (Å²) in [5, 5.41) is 4.17. The molecule has 0 aliphatic heterocycles. The van der Waals surface area contributed by atoms with Crippen molar-refractivity contribution in [3.05, 3.63) is 83.8 Å². The molecule has 162 valence electrons. The van der Waals surface area contributed by atoms with E-state index in [0.717, 1.165) is 40.6 Å². The molecule has 0 radical (unpaired) electrons. The van der Waals surface area contributed by atoms with Gasteiger partial charge in [-0.25, -0.2) is 12.8 Å². The summed E-state index contributed by atoms with van der Waals surface area (Å²) in [4.78, 5) is 4.78. The number of benzene rings is 3. The van der Waals surface area contributed by atoms with Gasteiger partial charge in [0.15, 0.2) is 9.84 Å². The van der Waals surface area contributed by atoms with Gasteiger partial charge >= 0.3 is 0 Å². The Balaban J connectivity index is 1.52. The highest BCUT2D eigenvalue weighted by molar-refractivity contribution is 7.91. The van der Waals surface area contributed by atoms with Gasteiger partial charge in [-0.3, -0.25) is 4.98 Å². The van der Waals surface area contributed by atoms with Crippen LogP contribution in [0.25, 0.3) is 22.0 Å². The number of anilines is 2. The number of nitrogens with zero attached hydrogens (tertiary/aromatic N) is 1. The topological polar surface area (TPSA) is 59.1 Å². The fourth-order valence-electron chi connectivity index (χ4n) is 3.72. The van der Waals surface area contributed by atoms with Crippen molar-refractivity contribution < 1.29 is 12.8 Å². The SMILES string of the molecule is O=S(=O)(CC1CC1)c1cccc(-c2ccc3nccc(Nc4ccc(F)c(Cl)c4)c3c2)c1. The van der Waals surface area contributed by atoms with Crippen LogP contribution in [0.2, 0.25) is 5.02 Å². The number of rotatable bonds is 6. The minimum Gasteiger partial charge on any atom is -0.355 e. The molecular formula is C25H20ClFN2O2S. The van der Waals surface area contributed by atoms with Crippen LogP contribution in [0.5, 0.6) is 0 Å². The monoisotopic (exact) mass is 466 g/mol. The molecule has 4 nitrogen and oxygen atoms in total. The molecule has 0 bridgehead atoms. The number of sulfone groups is 1. The van der Waals surface area contributed by atoms with E-state index in [4.69, 9.17) is 11.6 Å². The Morgan fingerprint density at radius 2 is 1.81 bits per heavy atom. The summed E-state index contributed by atoms with van der Waals surface area (Å²) in [5.74, 6) is 0.0338. The van der Waals surface area contributed by atoms with E-state index < -0.39 is 15.7 Å². The summed E-state index contributed by atoms with van der Waals surface area (Å²) in [7, 11) is -3.29. The smallest absolute Gasteiger partial charge is 0.178 e. The van der Waals surface area contributed by atoms with Crippen LogP contribution in [0.1, 0.15) is 12.8 Å². The Morgan fingerprint density at radius 1 is 1.00 bits per heavy atom. The van der Waals surface area contributed by atoms with Crippen molar-refractivity contribution in [3.63, 3.8) is 0 Å². The summed E-state index contributed by atoms with van der Waals surface area (Å²) >= 11 is 5.91. The number of aromatic nitrogens is 1. The lowest BCUT2D eigenvalue weighted by Crippen LogP contribution is -2.08. The van der Waals surface area contributed by atoms with Gasteiger partial charge in [0.1, 0.15) is 5.82 Å². The molecule has 1 aliphatic carbocycles. The molecule has 1 fully saturated rings. The molecule has 0 spiro atoms. The Kier molecular flexibility index (Phi) is 5.35. The minimum absolute atomic E-state index is 0.0401. The average molecular weight is 467 g/mol. The molecular weight excluding hydrogens is 447 g/mol. The zero-order chi connectivity index (χ0) is 22.3. The number of halogens is 2. The molecule has 1 aliphatic rings. The van der Waals surface area contributed by atoms with Gasteiger partial charge in [0, 0.05) is 23.0 Å². The summed E-state index contributed by atoms with van der Waals surface area (Å²) < 4.78 is 39.0. The van der Waals surface area contributed by atoms with Gasteiger partial charge in [-0.1, -0.05) is 29.8 Å². The molecule has 7 heteroatoms. The maximum absolute atomic E-state index is 13.5. The zero-order valence-corrected chi connectivity index (χ0v) is 18.6. The van der Waals surface area contributed by atoms with Crippen molar-refractivity contribution in [2.75, 3.05) is 11.1 Å². The third-order valence-electron chi connectivity index (χ3n) is 5.62. The van der Waals surface area contributed by atoms with Crippen molar-refractivity contribution in [2.45, 2.75) is 17.7 Å². The second-order valence-electron chi connectivity index (χ2n) is 8.10. The van der Waals surface area contributed by atoms with Gasteiger partial charge in [0.2, 0.25) is 0 Å². The molecule has 5 rings (SSSR count). The molecule has 0 saturated heterocycles. The van der Waals surface area contributed by atoms with Crippen LogP contribution in [0.4, 0.5) is 15.8 Å². The third kappa shape index (κ3) is 4.33. The van der Waals surface area contributed by atoms with E-state index in [9.17, 15) is 12.8 Å². The lowest BCUT2D eigenvalue weighted by molar-refractivity contribution is 0.592. The van der Waals surface area contributed by atoms with E-state index in [-0.39, 0.29) is 10.8 Å². The summed E-state index contributed by atoms with van der Waals surface area (Å²) in [6, 6.07) is 19.2. The van der Waals surface area contributed by atoms with Gasteiger partial charge in [-0.15, -0.1) is 0 Å². The molecule has 1 saturated carbocycles. The molecule has 1 heterocycles. The van der Waals surface area contributed by atoms with E-state index in [1.54, 1.807) is 30.5 Å². The lowest BCUT2D eigenvalue weighted by atomic mass is 10.0. The number of nitrogens with one attached hydrogen (secondary N) is 1. The minimum atomic E-state index is -3.29. The first-order chi connectivity index (χ1) is 15.4. The van der Waals surface area contributed by atoms with Crippen LogP contribution in [-0.2, 0) is 9.84 Å². The largest absolute Gasteiger partial charge is 0.355 e. The van der Waals surface area contributed by atoms with Gasteiger partial charge in [-0.05, 0) is 78.4 Å². The van der Waals surface area contributed by atoms with Crippen LogP contribution in [0.3, 0.4) is 0 Å². The third-order valence-corrected chi connectivity index (χ3v) is 7.79. The number of pyridine rings is 1. The van der Waals surface area contributed by atoms with Crippen LogP contribution in [0, 0.1) is 11.7 Å². The number of fused-ring (bicyclic) bond motifs is 1. The average Bonchev–Trinajstić information content (AvgIpc) is 3.60. The van der Waals surface area contributed by atoms with E-state index in [1.807, 2.05) is 30.3 Å². The zero-order valence-electron chi connectivity index (χ0n) is 17.1. The van der Waals surface area contributed by atoms with Crippen molar-refractivity contribution in [3.8, 4) is 11.1 Å². The van der Waals surface area contributed by atoms with Gasteiger partial charge < -0.3 is 5.32 Å². The Hall–Kier alpha value is -2.96. The summed E-state index contributed by atoms with van der Waals surface area (Å²) in [6.45, 7) is 0. The fourth-order valence-corrected chi connectivity index (χ4v) is 5.64. The van der Waals surface area contributed by atoms with Crippen molar-refractivity contribution >= 4 is 43.7 Å². The first kappa shape index (κ1) is 20.9. The molecule has 1 aromatic heterocycles. The van der Waals surface area contributed by atoms with E-state index in [2.05, 4.69) is 10.3 Å². The second-order valence-corrected chi connectivity index (χ2v) is 10.5. The van der Waals surface area contributed by atoms with Gasteiger partial charge in [0.05, 0.1) is 21.2 Å². The molecule has 0 unspecified atom stereocenters. The maximum Gasteiger partial charge on any atom is 0.178 e. The Labute approximate surface area is 191 Å². The number of hydrogen-bond acceptors (Lipinski definition) is 4. The highest BCUT2D eigenvalue weighted by Gasteiger charge is 2.29. The highest BCUT2D eigenvalue weighted by Crippen LogP contribution is 2.34. The van der Waals surface area contributed by atoms with E-state index in [0.29, 0.717) is 16.5 Å². The normalized spacial score (nSPS) is 13.9. The lowest BCUT2D eigenvalue weighted by Gasteiger charge is -2.12. The number of hydrogen-bond donors (Lipinski definition) is 1. The first-order valence-electron chi connectivity index (χ1n) is 10.3. The predicted molar refractivity (Wildman–Crippen MR) is 127 cm³/mol. The van der Waals surface area contributed by atoms with Crippen LogP contribution in [-0.4, -0.2) is 19.2 Å². The quantitative estimate of drug-likeness (QED) is 0.347. The van der Waals surface area contributed by atoms with Crippen molar-refractivity contribution in [1.29, 1.82) is 0 Å². The van der Waals surface area contributed by atoms with Crippen molar-refractivity contribution in [2.24, 2.45) is 5.92 Å². The van der Waals surface area contributed by atoms with Gasteiger partial charge in [-0.2, -0.15) is 0 Å². The van der Waals surface area contributed by atoms with Crippen LogP contribution >= 0.6 is 11.6 Å². The first-order valence-corrected chi connectivity index (χ1v) is 12.4. The van der Waals surface area contributed by atoms with Crippen LogP contribution < -0.4 is 5.32 Å². The molecule has 1 N–H and O–H groups in total. The van der Waals surface area contributed by atoms with Crippen LogP contribution in [0.15, 0.2) is 77.8 Å². The summed E-state index contributed by atoms with van der Waals surface area (Å²) in [6.07, 6.45) is 3.68. The molecule has 4 aromatic rings. The Morgan fingerprint density at radius 3 is 2.59 bits per heavy atom. The fraction of sp³-hybridized carbons (Fsp3) is 0.160. The van der Waals surface area contributed by atoms with E-state index >= 15 is 0 Å². The second kappa shape index (κ2) is 8.19. The highest BCUT2D eigenvalue weighted by atomic mass is 35.5. The maximum atomic E-state index is 13.5. The van der Waals surface area contributed by atoms with Crippen molar-refractivity contribution in [1.82, 2.24) is 4.98 Å². The molecule has 3 aromatic carbocycles. The molecule has 0 atom stereocenters. The Bertz CT molecular complexity index is 1440. The predicted octanol–water partition coefficient (Wildman–Crippen LogP) is 6.62. The standard InChI is InChI=1S/C25H20ClFN2O2S/c26-22-14-19(7-8-23(22)27)29-25-10-11-28-24-9-6-18(13-21(24)25)17-2-1-3-20(12-17)32(30,31)15-16-4-5-16/h1-3,6-14,16H,4-5,15H2,(H,28,29). The van der Waals surface area contributed by atoms with Gasteiger partial charge in [0.25, 0.3) is 0 Å². The summed E-state index contributed by atoms with van der Waals surface area (Å²) in [5.41, 5.74) is 3.93.